The average Bonchev–Trinajstić information content (AvgIpc) is 2.99. The van der Waals surface area contributed by atoms with Crippen molar-refractivity contribution in [2.75, 3.05) is 45.2 Å². The Morgan fingerprint density at radius 2 is 1.90 bits per heavy atom. The lowest BCUT2D eigenvalue weighted by Crippen LogP contribution is -2.38. The zero-order valence-corrected chi connectivity index (χ0v) is 12.5. The second kappa shape index (κ2) is 5.48. The molecule has 2 atom stereocenters. The summed E-state index contributed by atoms with van der Waals surface area (Å²) in [6, 6.07) is 9.83. The van der Waals surface area contributed by atoms with Crippen LogP contribution in [0.4, 0.5) is 5.69 Å². The maximum atomic E-state index is 12.6. The van der Waals surface area contributed by atoms with Gasteiger partial charge in [0.05, 0.1) is 12.5 Å². The predicted molar refractivity (Wildman–Crippen MR) is 80.9 cm³/mol. The Hall–Kier alpha value is -1.88. The van der Waals surface area contributed by atoms with E-state index in [4.69, 9.17) is 0 Å². The normalized spacial score (nSPS) is 25.2. The molecule has 2 fully saturated rings. The van der Waals surface area contributed by atoms with Gasteiger partial charge in [0.2, 0.25) is 11.8 Å². The molecule has 0 N–H and O–H groups in total. The number of likely N-dealkylation sites (tertiary alicyclic amines) is 1. The van der Waals surface area contributed by atoms with Crippen LogP contribution in [0.3, 0.4) is 0 Å². The van der Waals surface area contributed by atoms with Crippen molar-refractivity contribution < 1.29 is 9.59 Å². The topological polar surface area (TPSA) is 43.9 Å². The number of carbonyl (C=O) groups is 2. The van der Waals surface area contributed by atoms with Gasteiger partial charge in [-0.05, 0) is 12.1 Å². The molecule has 5 nitrogen and oxygen atoms in total. The monoisotopic (exact) mass is 287 g/mol. The maximum absolute atomic E-state index is 12.6. The van der Waals surface area contributed by atoms with Crippen molar-refractivity contribution in [2.45, 2.75) is 0 Å². The van der Waals surface area contributed by atoms with Gasteiger partial charge in [0.1, 0.15) is 0 Å². The van der Waals surface area contributed by atoms with Gasteiger partial charge in [0.25, 0.3) is 0 Å². The van der Waals surface area contributed by atoms with E-state index in [1.165, 1.54) is 0 Å². The predicted octanol–water partition coefficient (Wildman–Crippen LogP) is 0.669. The number of nitrogens with zero attached hydrogens (tertiary/aromatic N) is 3. The number of amides is 2. The Morgan fingerprint density at radius 1 is 1.19 bits per heavy atom. The van der Waals surface area contributed by atoms with Crippen LogP contribution in [0.5, 0.6) is 0 Å². The third kappa shape index (κ3) is 2.65. The summed E-state index contributed by atoms with van der Waals surface area (Å²) in [4.78, 5) is 29.9. The molecule has 2 saturated heterocycles. The van der Waals surface area contributed by atoms with Gasteiger partial charge >= 0.3 is 0 Å². The molecule has 3 rings (SSSR count). The molecule has 2 heterocycles. The molecule has 0 aliphatic carbocycles. The van der Waals surface area contributed by atoms with Crippen LogP contribution in [0.2, 0.25) is 0 Å². The van der Waals surface area contributed by atoms with Gasteiger partial charge < -0.3 is 9.80 Å². The fraction of sp³-hybridized carbons (Fsp3) is 0.500. The number of para-hydroxylation sites is 1. The first-order valence-corrected chi connectivity index (χ1v) is 7.35. The molecule has 1 aromatic rings. The first-order chi connectivity index (χ1) is 10.1. The molecular weight excluding hydrogens is 266 g/mol. The van der Waals surface area contributed by atoms with Gasteiger partial charge in [-0.15, -0.1) is 0 Å². The lowest BCUT2D eigenvalue weighted by Gasteiger charge is -2.22. The Morgan fingerprint density at radius 3 is 2.52 bits per heavy atom. The van der Waals surface area contributed by atoms with Crippen LogP contribution in [0.15, 0.2) is 30.3 Å². The van der Waals surface area contributed by atoms with E-state index in [9.17, 15) is 9.59 Å². The average molecular weight is 287 g/mol. The number of hydrogen-bond donors (Lipinski definition) is 0. The van der Waals surface area contributed by atoms with E-state index in [0.29, 0.717) is 19.0 Å². The van der Waals surface area contributed by atoms with Crippen LogP contribution in [-0.4, -0.2) is 61.9 Å². The molecule has 0 aromatic heterocycles. The summed E-state index contributed by atoms with van der Waals surface area (Å²) >= 11 is 0. The fourth-order valence-corrected chi connectivity index (χ4v) is 3.25. The van der Waals surface area contributed by atoms with E-state index in [2.05, 4.69) is 4.90 Å². The highest BCUT2D eigenvalue weighted by molar-refractivity contribution is 5.98. The molecule has 0 unspecified atom stereocenters. The largest absolute Gasteiger partial charge is 0.348 e. The number of fused-ring (bicyclic) bond motifs is 1. The second-order valence-electron chi connectivity index (χ2n) is 6.13. The summed E-state index contributed by atoms with van der Waals surface area (Å²) in [7, 11) is 3.53. The molecule has 21 heavy (non-hydrogen) atoms. The SMILES string of the molecule is CN(C)C(=O)CN1C[C@@H]2CN(c3ccccc3)C(=O)[C@@H]2C1. The number of hydrogen-bond acceptors (Lipinski definition) is 3. The molecule has 112 valence electrons. The third-order valence-electron chi connectivity index (χ3n) is 4.44. The van der Waals surface area contributed by atoms with Crippen molar-refractivity contribution in [3.05, 3.63) is 30.3 Å². The molecule has 2 amide bonds. The molecule has 1 aromatic carbocycles. The smallest absolute Gasteiger partial charge is 0.236 e. The highest BCUT2D eigenvalue weighted by Gasteiger charge is 2.46. The van der Waals surface area contributed by atoms with Crippen molar-refractivity contribution in [1.29, 1.82) is 0 Å². The second-order valence-corrected chi connectivity index (χ2v) is 6.13. The molecule has 0 saturated carbocycles. The zero-order valence-electron chi connectivity index (χ0n) is 12.5. The molecule has 0 bridgehead atoms. The Balaban J connectivity index is 1.65. The van der Waals surface area contributed by atoms with E-state index in [1.54, 1.807) is 19.0 Å². The van der Waals surface area contributed by atoms with Crippen LogP contribution in [0, 0.1) is 11.8 Å². The summed E-state index contributed by atoms with van der Waals surface area (Å²) in [5.41, 5.74) is 0.979. The summed E-state index contributed by atoms with van der Waals surface area (Å²) in [5, 5.41) is 0. The molecule has 2 aliphatic rings. The fourth-order valence-electron chi connectivity index (χ4n) is 3.25. The van der Waals surface area contributed by atoms with Gasteiger partial charge in [0.15, 0.2) is 0 Å². The molecule has 2 aliphatic heterocycles. The van der Waals surface area contributed by atoms with E-state index in [0.717, 1.165) is 18.8 Å². The third-order valence-corrected chi connectivity index (χ3v) is 4.44. The van der Waals surface area contributed by atoms with Crippen LogP contribution >= 0.6 is 0 Å². The minimum atomic E-state index is 0.0418. The standard InChI is InChI=1S/C16H21N3O2/c1-17(2)15(20)11-18-8-12-9-19(16(21)14(12)10-18)13-6-4-3-5-7-13/h3-7,12,14H,8-11H2,1-2H3/t12-,14-/m1/s1. The number of carbonyl (C=O) groups excluding carboxylic acids is 2. The van der Waals surface area contributed by atoms with Crippen LogP contribution < -0.4 is 4.90 Å². The first-order valence-electron chi connectivity index (χ1n) is 7.35. The van der Waals surface area contributed by atoms with Crippen molar-refractivity contribution in [3.63, 3.8) is 0 Å². The summed E-state index contributed by atoms with van der Waals surface area (Å²) < 4.78 is 0. The highest BCUT2D eigenvalue weighted by atomic mass is 16.2. The Bertz CT molecular complexity index is 544. The number of anilines is 1. The minimum Gasteiger partial charge on any atom is -0.348 e. The zero-order chi connectivity index (χ0) is 15.0. The highest BCUT2D eigenvalue weighted by Crippen LogP contribution is 2.34. The van der Waals surface area contributed by atoms with Crippen LogP contribution in [0.1, 0.15) is 0 Å². The molecule has 0 radical (unpaired) electrons. The number of rotatable bonds is 3. The van der Waals surface area contributed by atoms with E-state index < -0.39 is 0 Å². The molecule has 0 spiro atoms. The number of benzene rings is 1. The Kier molecular flexibility index (Phi) is 3.68. The molecule has 5 heteroatoms. The van der Waals surface area contributed by atoms with Gasteiger partial charge in [-0.3, -0.25) is 14.5 Å². The van der Waals surface area contributed by atoms with Crippen LogP contribution in [-0.2, 0) is 9.59 Å². The van der Waals surface area contributed by atoms with Gasteiger partial charge in [-0.2, -0.15) is 0 Å². The van der Waals surface area contributed by atoms with Crippen molar-refractivity contribution in [2.24, 2.45) is 11.8 Å². The lowest BCUT2D eigenvalue weighted by molar-refractivity contribution is -0.130. The first kappa shape index (κ1) is 14.1. The maximum Gasteiger partial charge on any atom is 0.236 e. The minimum absolute atomic E-state index is 0.0418. The van der Waals surface area contributed by atoms with Crippen molar-refractivity contribution in [1.82, 2.24) is 9.80 Å². The van der Waals surface area contributed by atoms with Crippen molar-refractivity contribution >= 4 is 17.5 Å². The van der Waals surface area contributed by atoms with Gasteiger partial charge in [-0.1, -0.05) is 18.2 Å². The number of likely N-dealkylation sites (N-methyl/N-ethyl adjacent to an activating group) is 1. The van der Waals surface area contributed by atoms with E-state index in [-0.39, 0.29) is 17.7 Å². The van der Waals surface area contributed by atoms with Gasteiger partial charge in [0, 0.05) is 45.3 Å². The van der Waals surface area contributed by atoms with E-state index >= 15 is 0 Å². The lowest BCUT2D eigenvalue weighted by atomic mass is 10.0. The quantitative estimate of drug-likeness (QED) is 0.821. The summed E-state index contributed by atoms with van der Waals surface area (Å²) in [6.07, 6.45) is 0. The van der Waals surface area contributed by atoms with Gasteiger partial charge in [-0.25, -0.2) is 0 Å². The van der Waals surface area contributed by atoms with E-state index in [1.807, 2.05) is 35.2 Å². The molecular formula is C16H21N3O2. The summed E-state index contributed by atoms with van der Waals surface area (Å²) in [6.45, 7) is 2.71. The van der Waals surface area contributed by atoms with Crippen LogP contribution in [0.25, 0.3) is 0 Å². The van der Waals surface area contributed by atoms with Crippen molar-refractivity contribution in [3.8, 4) is 0 Å². The Labute approximate surface area is 125 Å². The summed E-state index contributed by atoms with van der Waals surface area (Å²) in [5.74, 6) is 0.682.